The molecule has 0 unspecified atom stereocenters. The first-order chi connectivity index (χ1) is 11.7. The highest BCUT2D eigenvalue weighted by atomic mass is 16.5. The predicted octanol–water partition coefficient (Wildman–Crippen LogP) is 2.83. The molecule has 1 saturated carbocycles. The van der Waals surface area contributed by atoms with Crippen molar-refractivity contribution in [1.29, 1.82) is 0 Å². The Hall–Kier alpha value is -2.82. The number of hydrogen-bond acceptors (Lipinski definition) is 3. The van der Waals surface area contributed by atoms with Gasteiger partial charge in [-0.3, -0.25) is 20.4 Å². The number of carbonyl (C=O) groups is 2. The number of amides is 2. The first kappa shape index (κ1) is 16.1. The average Bonchev–Trinajstić information content (AvgIpc) is 2.58. The normalized spacial score (nSPS) is 13.7. The van der Waals surface area contributed by atoms with E-state index in [0.29, 0.717) is 12.2 Å². The lowest BCUT2D eigenvalue weighted by atomic mass is 9.85. The lowest BCUT2D eigenvalue weighted by molar-refractivity contribution is -0.128. The molecular formula is C19H20N2O3. The molecule has 2 aromatic carbocycles. The van der Waals surface area contributed by atoms with Crippen LogP contribution in [-0.4, -0.2) is 11.8 Å². The maximum absolute atomic E-state index is 12.0. The predicted molar refractivity (Wildman–Crippen MR) is 90.2 cm³/mol. The molecule has 0 aromatic heterocycles. The minimum atomic E-state index is -0.321. The highest BCUT2D eigenvalue weighted by molar-refractivity contribution is 5.95. The molecule has 0 spiro atoms. The van der Waals surface area contributed by atoms with Gasteiger partial charge >= 0.3 is 0 Å². The van der Waals surface area contributed by atoms with E-state index in [1.54, 1.807) is 12.1 Å². The van der Waals surface area contributed by atoms with Gasteiger partial charge in [0.1, 0.15) is 12.4 Å². The van der Waals surface area contributed by atoms with E-state index in [1.165, 1.54) is 0 Å². The van der Waals surface area contributed by atoms with E-state index in [1.807, 2.05) is 42.5 Å². The van der Waals surface area contributed by atoms with Crippen LogP contribution in [0.2, 0.25) is 0 Å². The molecular weight excluding hydrogens is 304 g/mol. The fraction of sp³-hybridized carbons (Fsp3) is 0.263. The summed E-state index contributed by atoms with van der Waals surface area (Å²) in [5.41, 5.74) is 6.40. The van der Waals surface area contributed by atoms with E-state index in [2.05, 4.69) is 10.9 Å². The van der Waals surface area contributed by atoms with Crippen molar-refractivity contribution in [3.8, 4) is 5.75 Å². The summed E-state index contributed by atoms with van der Waals surface area (Å²) in [6.45, 7) is 0.435. The summed E-state index contributed by atoms with van der Waals surface area (Å²) in [6, 6.07) is 16.7. The van der Waals surface area contributed by atoms with Crippen molar-refractivity contribution in [2.75, 3.05) is 0 Å². The van der Waals surface area contributed by atoms with Gasteiger partial charge < -0.3 is 4.74 Å². The number of rotatable bonds is 5. The molecule has 124 valence electrons. The van der Waals surface area contributed by atoms with E-state index in [9.17, 15) is 9.59 Å². The Morgan fingerprint density at radius 1 is 0.958 bits per heavy atom. The molecule has 0 heterocycles. The van der Waals surface area contributed by atoms with E-state index in [-0.39, 0.29) is 17.7 Å². The number of ether oxygens (including phenoxy) is 1. The lowest BCUT2D eigenvalue weighted by Gasteiger charge is -2.23. The molecule has 3 rings (SSSR count). The van der Waals surface area contributed by atoms with Crippen LogP contribution in [0.5, 0.6) is 5.75 Å². The third-order valence-electron chi connectivity index (χ3n) is 4.14. The minimum Gasteiger partial charge on any atom is -0.489 e. The summed E-state index contributed by atoms with van der Waals surface area (Å²) in [6.07, 6.45) is 2.88. The number of benzene rings is 2. The molecule has 2 N–H and O–H groups in total. The molecule has 0 atom stereocenters. The van der Waals surface area contributed by atoms with E-state index in [0.717, 1.165) is 30.6 Å². The molecule has 2 aromatic rings. The molecule has 5 nitrogen and oxygen atoms in total. The van der Waals surface area contributed by atoms with Gasteiger partial charge in [-0.25, -0.2) is 0 Å². The Kier molecular flexibility index (Phi) is 5.11. The summed E-state index contributed by atoms with van der Waals surface area (Å²) in [5, 5.41) is 0. The van der Waals surface area contributed by atoms with Gasteiger partial charge in [0.25, 0.3) is 5.91 Å². The van der Waals surface area contributed by atoms with Crippen LogP contribution in [0.15, 0.2) is 54.6 Å². The Morgan fingerprint density at radius 2 is 1.67 bits per heavy atom. The Balaban J connectivity index is 1.48. The van der Waals surface area contributed by atoms with Crippen molar-refractivity contribution in [3.63, 3.8) is 0 Å². The van der Waals surface area contributed by atoms with Gasteiger partial charge in [0.2, 0.25) is 5.91 Å². The Labute approximate surface area is 141 Å². The van der Waals surface area contributed by atoms with Gasteiger partial charge in [-0.1, -0.05) is 36.8 Å². The molecule has 1 fully saturated rings. The van der Waals surface area contributed by atoms with Crippen LogP contribution < -0.4 is 15.6 Å². The standard InChI is InChI=1S/C19H20N2O3/c22-18(15-5-4-6-15)20-21-19(23)16-11-9-14(10-12-16)13-24-17-7-2-1-3-8-17/h1-3,7-12,15H,4-6,13H2,(H,20,22)(H,21,23). The van der Waals surface area contributed by atoms with Crippen molar-refractivity contribution in [2.45, 2.75) is 25.9 Å². The van der Waals surface area contributed by atoms with Gasteiger partial charge in [-0.15, -0.1) is 0 Å². The number of nitrogens with one attached hydrogen (secondary N) is 2. The quantitative estimate of drug-likeness (QED) is 0.831. The van der Waals surface area contributed by atoms with Crippen LogP contribution >= 0.6 is 0 Å². The van der Waals surface area contributed by atoms with E-state index >= 15 is 0 Å². The number of carbonyl (C=O) groups excluding carboxylic acids is 2. The fourth-order valence-electron chi connectivity index (χ4n) is 2.40. The molecule has 1 aliphatic carbocycles. The molecule has 24 heavy (non-hydrogen) atoms. The van der Waals surface area contributed by atoms with Crippen molar-refractivity contribution >= 4 is 11.8 Å². The second-order valence-corrected chi connectivity index (χ2v) is 5.87. The molecule has 0 aliphatic heterocycles. The lowest BCUT2D eigenvalue weighted by Crippen LogP contribution is -2.46. The zero-order chi connectivity index (χ0) is 16.8. The van der Waals surface area contributed by atoms with Gasteiger partial charge in [0.05, 0.1) is 0 Å². The summed E-state index contributed by atoms with van der Waals surface area (Å²) in [4.78, 5) is 23.7. The van der Waals surface area contributed by atoms with Crippen LogP contribution in [0.25, 0.3) is 0 Å². The van der Waals surface area contributed by atoms with Crippen molar-refractivity contribution in [2.24, 2.45) is 5.92 Å². The SMILES string of the molecule is O=C(NNC(=O)C1CCC1)c1ccc(COc2ccccc2)cc1. The number of hydrogen-bond donors (Lipinski definition) is 2. The molecule has 1 aliphatic rings. The third-order valence-corrected chi connectivity index (χ3v) is 4.14. The van der Waals surface area contributed by atoms with Gasteiger partial charge in [0.15, 0.2) is 0 Å². The van der Waals surface area contributed by atoms with Crippen LogP contribution in [0.3, 0.4) is 0 Å². The second-order valence-electron chi connectivity index (χ2n) is 5.87. The summed E-state index contributed by atoms with van der Waals surface area (Å²) in [7, 11) is 0. The fourth-order valence-corrected chi connectivity index (χ4v) is 2.40. The minimum absolute atomic E-state index is 0.0443. The molecule has 0 saturated heterocycles. The monoisotopic (exact) mass is 324 g/mol. The van der Waals surface area contributed by atoms with Crippen LogP contribution in [-0.2, 0) is 11.4 Å². The van der Waals surface area contributed by atoms with Crippen LogP contribution in [0, 0.1) is 5.92 Å². The first-order valence-corrected chi connectivity index (χ1v) is 8.09. The number of para-hydroxylation sites is 1. The zero-order valence-electron chi connectivity index (χ0n) is 13.3. The Morgan fingerprint density at radius 3 is 2.29 bits per heavy atom. The summed E-state index contributed by atoms with van der Waals surface area (Å²) >= 11 is 0. The van der Waals surface area contributed by atoms with Crippen molar-refractivity contribution in [3.05, 3.63) is 65.7 Å². The average molecular weight is 324 g/mol. The van der Waals surface area contributed by atoms with Crippen molar-refractivity contribution < 1.29 is 14.3 Å². The van der Waals surface area contributed by atoms with Gasteiger partial charge in [-0.05, 0) is 42.7 Å². The highest BCUT2D eigenvalue weighted by Gasteiger charge is 2.25. The number of hydrazine groups is 1. The molecule has 0 radical (unpaired) electrons. The third kappa shape index (κ3) is 4.13. The maximum Gasteiger partial charge on any atom is 0.269 e. The summed E-state index contributed by atoms with van der Waals surface area (Å²) < 4.78 is 5.66. The van der Waals surface area contributed by atoms with Crippen molar-refractivity contribution in [1.82, 2.24) is 10.9 Å². The Bertz CT molecular complexity index is 694. The van der Waals surface area contributed by atoms with Gasteiger partial charge in [0, 0.05) is 11.5 Å². The van der Waals surface area contributed by atoms with Crippen LogP contribution in [0.1, 0.15) is 35.2 Å². The molecule has 2 amide bonds. The summed E-state index contributed by atoms with van der Waals surface area (Å²) in [5.74, 6) is 0.418. The smallest absolute Gasteiger partial charge is 0.269 e. The van der Waals surface area contributed by atoms with Gasteiger partial charge in [-0.2, -0.15) is 0 Å². The van der Waals surface area contributed by atoms with E-state index < -0.39 is 0 Å². The van der Waals surface area contributed by atoms with Crippen LogP contribution in [0.4, 0.5) is 0 Å². The largest absolute Gasteiger partial charge is 0.489 e. The zero-order valence-corrected chi connectivity index (χ0v) is 13.3. The topological polar surface area (TPSA) is 67.4 Å². The maximum atomic E-state index is 12.0. The first-order valence-electron chi connectivity index (χ1n) is 8.09. The molecule has 5 heteroatoms. The van der Waals surface area contributed by atoms with E-state index in [4.69, 9.17) is 4.74 Å². The molecule has 0 bridgehead atoms. The second kappa shape index (κ2) is 7.64. The highest BCUT2D eigenvalue weighted by Crippen LogP contribution is 2.25.